The Hall–Kier alpha value is -2.73. The van der Waals surface area contributed by atoms with Crippen molar-refractivity contribution in [1.29, 1.82) is 0 Å². The summed E-state index contributed by atoms with van der Waals surface area (Å²) in [6.45, 7) is 5.11. The van der Waals surface area contributed by atoms with Crippen molar-refractivity contribution >= 4 is 34.8 Å². The normalized spacial score (nSPS) is 16.2. The Morgan fingerprint density at radius 1 is 1.14 bits per heavy atom. The van der Waals surface area contributed by atoms with Crippen molar-refractivity contribution in [2.75, 3.05) is 30.0 Å². The molecule has 1 saturated heterocycles. The molecular formula is C21H23ClN2O4. The van der Waals surface area contributed by atoms with Gasteiger partial charge in [-0.25, -0.2) is 0 Å². The van der Waals surface area contributed by atoms with E-state index in [1.165, 1.54) is 0 Å². The van der Waals surface area contributed by atoms with E-state index in [0.717, 1.165) is 0 Å². The Morgan fingerprint density at radius 2 is 1.89 bits per heavy atom. The molecule has 2 aromatic carbocycles. The van der Waals surface area contributed by atoms with Crippen LogP contribution in [0.2, 0.25) is 5.02 Å². The molecule has 2 amide bonds. The smallest absolute Gasteiger partial charge is 0.229 e. The fourth-order valence-corrected chi connectivity index (χ4v) is 3.33. The second kappa shape index (κ2) is 8.97. The summed E-state index contributed by atoms with van der Waals surface area (Å²) in [5, 5.41) is 3.43. The van der Waals surface area contributed by atoms with Gasteiger partial charge in [-0.3, -0.25) is 9.59 Å². The first-order valence-electron chi connectivity index (χ1n) is 9.28. The highest BCUT2D eigenvalue weighted by molar-refractivity contribution is 6.31. The third kappa shape index (κ3) is 4.57. The molecule has 6 nitrogen and oxygen atoms in total. The van der Waals surface area contributed by atoms with E-state index in [2.05, 4.69) is 5.32 Å². The van der Waals surface area contributed by atoms with Crippen molar-refractivity contribution in [2.45, 2.75) is 20.3 Å². The Balaban J connectivity index is 1.70. The number of carbonyl (C=O) groups excluding carboxylic acids is 2. The van der Waals surface area contributed by atoms with Gasteiger partial charge in [-0.15, -0.1) is 0 Å². The number of nitrogens with one attached hydrogen (secondary N) is 1. The lowest BCUT2D eigenvalue weighted by Crippen LogP contribution is -2.28. The zero-order valence-electron chi connectivity index (χ0n) is 15.9. The van der Waals surface area contributed by atoms with Crippen LogP contribution in [0.25, 0.3) is 0 Å². The van der Waals surface area contributed by atoms with E-state index in [1.807, 2.05) is 19.9 Å². The molecule has 1 aliphatic heterocycles. The van der Waals surface area contributed by atoms with Gasteiger partial charge < -0.3 is 19.7 Å². The van der Waals surface area contributed by atoms with Gasteiger partial charge in [0.2, 0.25) is 11.8 Å². The molecule has 0 saturated carbocycles. The van der Waals surface area contributed by atoms with Gasteiger partial charge in [-0.1, -0.05) is 17.7 Å². The maximum absolute atomic E-state index is 12.7. The number of ether oxygens (including phenoxy) is 2. The van der Waals surface area contributed by atoms with Crippen LogP contribution in [-0.2, 0) is 9.59 Å². The Kier molecular flexibility index (Phi) is 6.41. The average molecular weight is 403 g/mol. The summed E-state index contributed by atoms with van der Waals surface area (Å²) in [7, 11) is 0. The molecule has 0 aromatic heterocycles. The molecule has 0 aliphatic carbocycles. The predicted molar refractivity (Wildman–Crippen MR) is 109 cm³/mol. The Bertz CT molecular complexity index is 871. The summed E-state index contributed by atoms with van der Waals surface area (Å²) in [5.41, 5.74) is 1.30. The standard InChI is InChI=1S/C21H23ClN2O4/c1-3-27-18-9-8-16(12-19(18)28-4-2)23-21(26)14-10-20(25)24(13-14)17-7-5-6-15(22)11-17/h5-9,11-12,14H,3-4,10,13H2,1-2H3,(H,23,26). The summed E-state index contributed by atoms with van der Waals surface area (Å²) in [4.78, 5) is 26.7. The molecule has 1 heterocycles. The third-order valence-corrected chi connectivity index (χ3v) is 4.66. The molecule has 3 rings (SSSR count). The number of hydrogen-bond donors (Lipinski definition) is 1. The first-order chi connectivity index (χ1) is 13.5. The van der Waals surface area contributed by atoms with E-state index in [-0.39, 0.29) is 18.2 Å². The first-order valence-corrected chi connectivity index (χ1v) is 9.66. The van der Waals surface area contributed by atoms with Crippen molar-refractivity contribution in [3.8, 4) is 11.5 Å². The highest BCUT2D eigenvalue weighted by Gasteiger charge is 2.35. The molecule has 148 valence electrons. The molecule has 28 heavy (non-hydrogen) atoms. The van der Waals surface area contributed by atoms with Gasteiger partial charge >= 0.3 is 0 Å². The maximum Gasteiger partial charge on any atom is 0.229 e. The van der Waals surface area contributed by atoms with E-state index in [0.29, 0.717) is 47.7 Å². The minimum atomic E-state index is -0.436. The zero-order valence-corrected chi connectivity index (χ0v) is 16.7. The van der Waals surface area contributed by atoms with Crippen molar-refractivity contribution < 1.29 is 19.1 Å². The van der Waals surface area contributed by atoms with E-state index in [4.69, 9.17) is 21.1 Å². The van der Waals surface area contributed by atoms with E-state index in [1.54, 1.807) is 41.3 Å². The number of anilines is 2. The largest absolute Gasteiger partial charge is 0.490 e. The summed E-state index contributed by atoms with van der Waals surface area (Å²) >= 11 is 6.01. The number of nitrogens with zero attached hydrogens (tertiary/aromatic N) is 1. The average Bonchev–Trinajstić information content (AvgIpc) is 3.06. The zero-order chi connectivity index (χ0) is 20.1. The second-order valence-electron chi connectivity index (χ2n) is 6.40. The molecule has 1 aliphatic rings. The highest BCUT2D eigenvalue weighted by atomic mass is 35.5. The molecule has 1 N–H and O–H groups in total. The Labute approximate surface area is 169 Å². The minimum Gasteiger partial charge on any atom is -0.490 e. The fourth-order valence-electron chi connectivity index (χ4n) is 3.15. The van der Waals surface area contributed by atoms with Crippen LogP contribution in [0.15, 0.2) is 42.5 Å². The van der Waals surface area contributed by atoms with Crippen molar-refractivity contribution in [1.82, 2.24) is 0 Å². The van der Waals surface area contributed by atoms with Crippen LogP contribution in [0.4, 0.5) is 11.4 Å². The molecule has 0 bridgehead atoms. The van der Waals surface area contributed by atoms with Gasteiger partial charge in [-0.05, 0) is 44.2 Å². The molecule has 1 unspecified atom stereocenters. The lowest BCUT2D eigenvalue weighted by molar-refractivity contribution is -0.122. The molecule has 0 spiro atoms. The third-order valence-electron chi connectivity index (χ3n) is 4.43. The lowest BCUT2D eigenvalue weighted by atomic mass is 10.1. The lowest BCUT2D eigenvalue weighted by Gasteiger charge is -2.17. The second-order valence-corrected chi connectivity index (χ2v) is 6.84. The summed E-state index contributed by atoms with van der Waals surface area (Å²) in [6, 6.07) is 12.3. The summed E-state index contributed by atoms with van der Waals surface area (Å²) < 4.78 is 11.1. The van der Waals surface area contributed by atoms with Crippen LogP contribution in [-0.4, -0.2) is 31.6 Å². The van der Waals surface area contributed by atoms with Crippen molar-refractivity contribution in [2.24, 2.45) is 5.92 Å². The first kappa shape index (κ1) is 20.0. The van der Waals surface area contributed by atoms with Crippen molar-refractivity contribution in [3.05, 3.63) is 47.5 Å². The molecular weight excluding hydrogens is 380 g/mol. The number of halogens is 1. The van der Waals surface area contributed by atoms with Gasteiger partial charge in [0.05, 0.1) is 19.1 Å². The van der Waals surface area contributed by atoms with E-state index < -0.39 is 5.92 Å². The van der Waals surface area contributed by atoms with Gasteiger partial charge in [0.1, 0.15) is 0 Å². The fraction of sp³-hybridized carbons (Fsp3) is 0.333. The quantitative estimate of drug-likeness (QED) is 0.756. The summed E-state index contributed by atoms with van der Waals surface area (Å²) in [5.74, 6) is 0.470. The van der Waals surface area contributed by atoms with Crippen LogP contribution < -0.4 is 19.7 Å². The van der Waals surface area contributed by atoms with Crippen LogP contribution >= 0.6 is 11.6 Å². The van der Waals surface area contributed by atoms with Crippen molar-refractivity contribution in [3.63, 3.8) is 0 Å². The number of amides is 2. The summed E-state index contributed by atoms with van der Waals surface area (Å²) in [6.07, 6.45) is 0.160. The van der Waals surface area contributed by atoms with Crippen LogP contribution in [0.5, 0.6) is 11.5 Å². The molecule has 1 atom stereocenters. The molecule has 2 aromatic rings. The van der Waals surface area contributed by atoms with Gasteiger partial charge in [-0.2, -0.15) is 0 Å². The maximum atomic E-state index is 12.7. The van der Waals surface area contributed by atoms with Crippen LogP contribution in [0.3, 0.4) is 0 Å². The number of rotatable bonds is 7. The topological polar surface area (TPSA) is 67.9 Å². The van der Waals surface area contributed by atoms with Gasteiger partial charge in [0.25, 0.3) is 0 Å². The molecule has 7 heteroatoms. The monoisotopic (exact) mass is 402 g/mol. The number of benzene rings is 2. The molecule has 0 radical (unpaired) electrons. The number of carbonyl (C=O) groups is 2. The molecule has 1 fully saturated rings. The number of hydrogen-bond acceptors (Lipinski definition) is 4. The van der Waals surface area contributed by atoms with Crippen LogP contribution in [0.1, 0.15) is 20.3 Å². The minimum absolute atomic E-state index is 0.0934. The SMILES string of the molecule is CCOc1ccc(NC(=O)C2CC(=O)N(c3cccc(Cl)c3)C2)cc1OCC. The van der Waals surface area contributed by atoms with E-state index >= 15 is 0 Å². The van der Waals surface area contributed by atoms with E-state index in [9.17, 15) is 9.59 Å². The van der Waals surface area contributed by atoms with Gasteiger partial charge in [0, 0.05) is 35.4 Å². The van der Waals surface area contributed by atoms with Crippen LogP contribution in [0, 0.1) is 5.92 Å². The highest BCUT2D eigenvalue weighted by Crippen LogP contribution is 2.32. The van der Waals surface area contributed by atoms with Gasteiger partial charge in [0.15, 0.2) is 11.5 Å². The predicted octanol–water partition coefficient (Wildman–Crippen LogP) is 4.13. The Morgan fingerprint density at radius 3 is 2.61 bits per heavy atom.